The third-order valence-electron chi connectivity index (χ3n) is 3.76. The first kappa shape index (κ1) is 15.8. The Morgan fingerprint density at radius 2 is 1.87 bits per heavy atom. The maximum atomic E-state index is 10.6. The molecule has 5 nitrogen and oxygen atoms in total. The number of nitrogens with zero attached hydrogens (tertiary/aromatic N) is 3. The summed E-state index contributed by atoms with van der Waals surface area (Å²) in [5.74, 6) is 0.305. The van der Waals surface area contributed by atoms with Crippen LogP contribution in [0.3, 0.4) is 0 Å². The van der Waals surface area contributed by atoms with Gasteiger partial charge in [-0.3, -0.25) is 0 Å². The highest BCUT2D eigenvalue weighted by Gasteiger charge is 2.16. The predicted octanol–water partition coefficient (Wildman–Crippen LogP) is 3.44. The number of aromatic nitrogens is 3. The van der Waals surface area contributed by atoms with Crippen molar-refractivity contribution < 1.29 is 10.2 Å². The second-order valence-corrected chi connectivity index (χ2v) is 6.24. The van der Waals surface area contributed by atoms with Gasteiger partial charge < -0.3 is 10.2 Å². The molecule has 0 saturated carbocycles. The summed E-state index contributed by atoms with van der Waals surface area (Å²) >= 11 is 5.98. The van der Waals surface area contributed by atoms with E-state index in [2.05, 4.69) is 10.2 Å². The van der Waals surface area contributed by atoms with Crippen LogP contribution in [0, 0.1) is 0 Å². The van der Waals surface area contributed by atoms with Crippen LogP contribution in [0.2, 0.25) is 5.02 Å². The topological polar surface area (TPSA) is 71.2 Å². The molecule has 120 valence electrons. The number of rotatable bonds is 4. The lowest BCUT2D eigenvalue weighted by Gasteiger charge is -2.14. The third-order valence-corrected chi connectivity index (χ3v) is 3.99. The second kappa shape index (κ2) is 6.18. The average molecular weight is 332 g/mol. The summed E-state index contributed by atoms with van der Waals surface area (Å²) in [5, 5.41) is 29.2. The van der Waals surface area contributed by atoms with E-state index in [4.69, 9.17) is 11.6 Å². The average Bonchev–Trinajstić information content (AvgIpc) is 2.91. The fourth-order valence-electron chi connectivity index (χ4n) is 2.56. The highest BCUT2D eigenvalue weighted by atomic mass is 35.5. The van der Waals surface area contributed by atoms with Crippen LogP contribution in [0.15, 0.2) is 30.3 Å². The Hall–Kier alpha value is -2.11. The molecule has 2 N–H and O–H groups in total. The predicted molar refractivity (Wildman–Crippen MR) is 90.4 cm³/mol. The Kier molecular flexibility index (Phi) is 4.24. The SMILES string of the molecule is CC(C)c1cc(CCO)cc(-n2nc3ccc(Cl)cc3n2)c1O. The van der Waals surface area contributed by atoms with Crippen molar-refractivity contribution in [3.8, 4) is 11.4 Å². The van der Waals surface area contributed by atoms with Crippen molar-refractivity contribution in [1.29, 1.82) is 0 Å². The van der Waals surface area contributed by atoms with E-state index in [9.17, 15) is 10.2 Å². The molecule has 0 aliphatic heterocycles. The van der Waals surface area contributed by atoms with Gasteiger partial charge in [-0.25, -0.2) is 0 Å². The molecule has 2 aromatic carbocycles. The largest absolute Gasteiger partial charge is 0.505 e. The summed E-state index contributed by atoms with van der Waals surface area (Å²) in [6.07, 6.45) is 0.514. The van der Waals surface area contributed by atoms with Crippen LogP contribution in [0.5, 0.6) is 5.75 Å². The molecule has 0 aliphatic rings. The molecule has 0 bridgehead atoms. The number of fused-ring (bicyclic) bond motifs is 1. The van der Waals surface area contributed by atoms with Crippen LogP contribution < -0.4 is 0 Å². The molecule has 3 aromatic rings. The van der Waals surface area contributed by atoms with Crippen molar-refractivity contribution in [1.82, 2.24) is 15.0 Å². The van der Waals surface area contributed by atoms with Gasteiger partial charge in [-0.1, -0.05) is 31.5 Å². The molecular weight excluding hydrogens is 314 g/mol. The van der Waals surface area contributed by atoms with Gasteiger partial charge in [0, 0.05) is 11.6 Å². The summed E-state index contributed by atoms with van der Waals surface area (Å²) in [4.78, 5) is 1.42. The number of phenols is 1. The molecule has 3 rings (SSSR count). The number of halogens is 1. The Balaban J connectivity index is 2.19. The van der Waals surface area contributed by atoms with E-state index in [1.54, 1.807) is 24.3 Å². The summed E-state index contributed by atoms with van der Waals surface area (Å²) in [6, 6.07) is 9.00. The van der Waals surface area contributed by atoms with Gasteiger partial charge in [0.05, 0.1) is 0 Å². The lowest BCUT2D eigenvalue weighted by Crippen LogP contribution is -2.04. The van der Waals surface area contributed by atoms with Crippen molar-refractivity contribution in [2.75, 3.05) is 6.61 Å². The molecular formula is C17H18ClN3O2. The van der Waals surface area contributed by atoms with Crippen LogP contribution in [0.4, 0.5) is 0 Å². The van der Waals surface area contributed by atoms with E-state index in [1.165, 1.54) is 4.80 Å². The molecule has 0 amide bonds. The number of aliphatic hydroxyl groups excluding tert-OH is 1. The number of benzene rings is 2. The van der Waals surface area contributed by atoms with Crippen molar-refractivity contribution in [3.05, 3.63) is 46.5 Å². The van der Waals surface area contributed by atoms with Gasteiger partial charge in [0.1, 0.15) is 22.5 Å². The third kappa shape index (κ3) is 3.02. The van der Waals surface area contributed by atoms with Crippen molar-refractivity contribution >= 4 is 22.6 Å². The zero-order valence-corrected chi connectivity index (χ0v) is 13.7. The van der Waals surface area contributed by atoms with E-state index in [1.807, 2.05) is 19.9 Å². The van der Waals surface area contributed by atoms with Crippen molar-refractivity contribution in [2.24, 2.45) is 0 Å². The molecule has 1 aromatic heterocycles. The maximum Gasteiger partial charge on any atom is 0.146 e. The highest BCUT2D eigenvalue weighted by molar-refractivity contribution is 6.31. The summed E-state index contributed by atoms with van der Waals surface area (Å²) in [7, 11) is 0. The van der Waals surface area contributed by atoms with Gasteiger partial charge in [0.25, 0.3) is 0 Å². The van der Waals surface area contributed by atoms with Gasteiger partial charge in [-0.2, -0.15) is 0 Å². The molecule has 0 fully saturated rings. The molecule has 0 unspecified atom stereocenters. The quantitative estimate of drug-likeness (QED) is 0.768. The number of aliphatic hydroxyl groups is 1. The van der Waals surface area contributed by atoms with Crippen LogP contribution in [-0.2, 0) is 6.42 Å². The minimum Gasteiger partial charge on any atom is -0.505 e. The van der Waals surface area contributed by atoms with E-state index in [0.29, 0.717) is 28.2 Å². The summed E-state index contributed by atoms with van der Waals surface area (Å²) in [6.45, 7) is 4.06. The first-order valence-corrected chi connectivity index (χ1v) is 7.87. The van der Waals surface area contributed by atoms with Crippen LogP contribution in [0.25, 0.3) is 16.7 Å². The van der Waals surface area contributed by atoms with Gasteiger partial charge in [-0.05, 0) is 47.7 Å². The second-order valence-electron chi connectivity index (χ2n) is 5.80. The molecule has 0 radical (unpaired) electrons. The maximum absolute atomic E-state index is 10.6. The minimum atomic E-state index is 0.0475. The van der Waals surface area contributed by atoms with Crippen LogP contribution in [0.1, 0.15) is 30.9 Å². The molecule has 0 spiro atoms. The number of aromatic hydroxyl groups is 1. The molecule has 0 atom stereocenters. The molecule has 0 saturated heterocycles. The molecule has 23 heavy (non-hydrogen) atoms. The standard InChI is InChI=1S/C17H18ClN3O2/c1-10(2)13-7-11(5-6-22)8-16(17(13)23)21-19-14-4-3-12(18)9-15(14)20-21/h3-4,7-10,22-23H,5-6H2,1-2H3. The van der Waals surface area contributed by atoms with Gasteiger partial charge >= 0.3 is 0 Å². The van der Waals surface area contributed by atoms with Gasteiger partial charge in [0.15, 0.2) is 0 Å². The number of hydrogen-bond donors (Lipinski definition) is 2. The Labute approximate surface area is 139 Å². The highest BCUT2D eigenvalue weighted by Crippen LogP contribution is 2.33. The first-order chi connectivity index (χ1) is 11.0. The molecule has 6 heteroatoms. The van der Waals surface area contributed by atoms with E-state index >= 15 is 0 Å². The van der Waals surface area contributed by atoms with Crippen molar-refractivity contribution in [3.63, 3.8) is 0 Å². The number of phenolic OH excluding ortho intramolecular Hbond substituents is 1. The van der Waals surface area contributed by atoms with Gasteiger partial charge in [0.2, 0.25) is 0 Å². The zero-order valence-electron chi connectivity index (χ0n) is 13.0. The van der Waals surface area contributed by atoms with Crippen LogP contribution in [-0.4, -0.2) is 31.8 Å². The first-order valence-electron chi connectivity index (χ1n) is 7.49. The lowest BCUT2D eigenvalue weighted by molar-refractivity contribution is 0.299. The molecule has 1 heterocycles. The van der Waals surface area contributed by atoms with E-state index in [0.717, 1.165) is 11.1 Å². The van der Waals surface area contributed by atoms with Crippen molar-refractivity contribution in [2.45, 2.75) is 26.2 Å². The smallest absolute Gasteiger partial charge is 0.146 e. The van der Waals surface area contributed by atoms with Crippen LogP contribution >= 0.6 is 11.6 Å². The summed E-state index contributed by atoms with van der Waals surface area (Å²) in [5.41, 5.74) is 3.61. The minimum absolute atomic E-state index is 0.0475. The fourth-order valence-corrected chi connectivity index (χ4v) is 2.73. The fraction of sp³-hybridized carbons (Fsp3) is 0.294. The Morgan fingerprint density at radius 1 is 1.13 bits per heavy atom. The zero-order chi connectivity index (χ0) is 16.6. The molecule has 0 aliphatic carbocycles. The summed E-state index contributed by atoms with van der Waals surface area (Å²) < 4.78 is 0. The number of hydrogen-bond acceptors (Lipinski definition) is 4. The normalized spacial score (nSPS) is 11.5. The van der Waals surface area contributed by atoms with Gasteiger partial charge in [-0.15, -0.1) is 15.0 Å². The van der Waals surface area contributed by atoms with E-state index < -0.39 is 0 Å². The lowest BCUT2D eigenvalue weighted by atomic mass is 9.97. The Bertz CT molecular complexity index is 858. The Morgan fingerprint density at radius 3 is 2.57 bits per heavy atom. The monoisotopic (exact) mass is 331 g/mol. The van der Waals surface area contributed by atoms with E-state index in [-0.39, 0.29) is 18.3 Å².